The maximum atomic E-state index is 10.1. The number of hydrogen-bond acceptors (Lipinski definition) is 1. The Bertz CT molecular complexity index is 259. The molecule has 0 saturated heterocycles. The van der Waals surface area contributed by atoms with Crippen molar-refractivity contribution in [3.63, 3.8) is 0 Å². The molecule has 0 aromatic heterocycles. The van der Waals surface area contributed by atoms with E-state index in [0.29, 0.717) is 5.92 Å². The van der Waals surface area contributed by atoms with Crippen LogP contribution in [0.1, 0.15) is 27.2 Å². The summed E-state index contributed by atoms with van der Waals surface area (Å²) in [5.41, 5.74) is 1.16. The van der Waals surface area contributed by atoms with Gasteiger partial charge in [-0.05, 0) is 12.8 Å². The minimum Gasteiger partial charge on any atom is -0.478 e. The van der Waals surface area contributed by atoms with Gasteiger partial charge in [0.05, 0.1) is 0 Å². The molecule has 0 unspecified atom stereocenters. The zero-order valence-electron chi connectivity index (χ0n) is 9.03. The highest BCUT2D eigenvalue weighted by atomic mass is 16.4. The van der Waals surface area contributed by atoms with Gasteiger partial charge in [0.1, 0.15) is 0 Å². The second-order valence-electron chi connectivity index (χ2n) is 3.35. The fourth-order valence-electron chi connectivity index (χ4n) is 0.967. The molecule has 1 N–H and O–H groups in total. The summed E-state index contributed by atoms with van der Waals surface area (Å²) in [6, 6.07) is 0. The van der Waals surface area contributed by atoms with Gasteiger partial charge in [-0.15, -0.1) is 0 Å². The molecule has 0 aliphatic heterocycles. The minimum absolute atomic E-state index is 0.572. The second-order valence-corrected chi connectivity index (χ2v) is 3.35. The molecule has 0 aromatic carbocycles. The van der Waals surface area contributed by atoms with Crippen LogP contribution in [-0.4, -0.2) is 11.1 Å². The van der Waals surface area contributed by atoms with E-state index in [0.717, 1.165) is 18.1 Å². The van der Waals surface area contributed by atoms with Gasteiger partial charge in [0.25, 0.3) is 0 Å². The first kappa shape index (κ1) is 12.7. The molecule has 0 bridgehead atoms. The predicted octanol–water partition coefficient (Wildman–Crippen LogP) is 3.18. The topological polar surface area (TPSA) is 37.3 Å². The first-order valence-corrected chi connectivity index (χ1v) is 4.82. The number of carboxylic acids is 1. The Kier molecular flexibility index (Phi) is 6.46. The van der Waals surface area contributed by atoms with E-state index >= 15 is 0 Å². The third-order valence-corrected chi connectivity index (χ3v) is 1.90. The highest BCUT2D eigenvalue weighted by Gasteiger charge is 1.91. The van der Waals surface area contributed by atoms with Crippen LogP contribution in [0.4, 0.5) is 0 Å². The standard InChI is InChI=1S/C12H18O2/c1-4-10(2)9-11(3)7-5-6-8-12(13)14/h5-10H,4H2,1-3H3,(H,13,14)/b7-5+,8-6+,11-9+/t10-/m0/s1. The summed E-state index contributed by atoms with van der Waals surface area (Å²) in [4.78, 5) is 10.1. The van der Waals surface area contributed by atoms with Crippen LogP contribution in [0.25, 0.3) is 0 Å². The SMILES string of the molecule is CC[C@H](C)/C=C(C)/C=C/C=C/C(=O)O. The number of hydrogen-bond donors (Lipinski definition) is 1. The van der Waals surface area contributed by atoms with E-state index in [4.69, 9.17) is 5.11 Å². The van der Waals surface area contributed by atoms with Crippen molar-refractivity contribution in [3.05, 3.63) is 36.0 Å². The Labute approximate surface area is 85.6 Å². The van der Waals surface area contributed by atoms with Gasteiger partial charge in [-0.1, -0.05) is 50.1 Å². The van der Waals surface area contributed by atoms with E-state index in [-0.39, 0.29) is 0 Å². The van der Waals surface area contributed by atoms with Crippen molar-refractivity contribution in [2.75, 3.05) is 0 Å². The molecule has 2 nitrogen and oxygen atoms in total. The van der Waals surface area contributed by atoms with E-state index in [2.05, 4.69) is 19.9 Å². The van der Waals surface area contributed by atoms with Gasteiger partial charge in [0.15, 0.2) is 0 Å². The monoisotopic (exact) mass is 194 g/mol. The molecule has 2 heteroatoms. The molecule has 0 aliphatic carbocycles. The lowest BCUT2D eigenvalue weighted by atomic mass is 10.1. The number of rotatable bonds is 5. The molecule has 0 radical (unpaired) electrons. The molecule has 78 valence electrons. The maximum Gasteiger partial charge on any atom is 0.328 e. The quantitative estimate of drug-likeness (QED) is 0.539. The average Bonchev–Trinajstić information content (AvgIpc) is 2.12. The normalized spacial score (nSPS) is 15.2. The number of aliphatic carboxylic acids is 1. The summed E-state index contributed by atoms with van der Waals surface area (Å²) in [5.74, 6) is -0.346. The van der Waals surface area contributed by atoms with Gasteiger partial charge in [-0.25, -0.2) is 4.79 Å². The second kappa shape index (κ2) is 7.13. The summed E-state index contributed by atoms with van der Waals surface area (Å²) >= 11 is 0. The van der Waals surface area contributed by atoms with Crippen LogP contribution in [0.2, 0.25) is 0 Å². The van der Waals surface area contributed by atoms with Crippen LogP contribution in [-0.2, 0) is 4.79 Å². The van der Waals surface area contributed by atoms with Crippen LogP contribution in [0.15, 0.2) is 36.0 Å². The third-order valence-electron chi connectivity index (χ3n) is 1.90. The molecule has 0 fully saturated rings. The molecule has 0 aromatic rings. The Morgan fingerprint density at radius 2 is 1.93 bits per heavy atom. The zero-order chi connectivity index (χ0) is 11.0. The van der Waals surface area contributed by atoms with Gasteiger partial charge >= 0.3 is 5.97 Å². The Hall–Kier alpha value is -1.31. The predicted molar refractivity (Wildman–Crippen MR) is 59.1 cm³/mol. The van der Waals surface area contributed by atoms with Crippen LogP contribution in [0.5, 0.6) is 0 Å². The van der Waals surface area contributed by atoms with Crippen LogP contribution < -0.4 is 0 Å². The fourth-order valence-corrected chi connectivity index (χ4v) is 0.967. The van der Waals surface area contributed by atoms with E-state index in [1.165, 1.54) is 6.08 Å². The highest BCUT2D eigenvalue weighted by molar-refractivity contribution is 5.80. The lowest BCUT2D eigenvalue weighted by Crippen LogP contribution is -1.86. The van der Waals surface area contributed by atoms with Crippen molar-refractivity contribution in [1.82, 2.24) is 0 Å². The zero-order valence-corrected chi connectivity index (χ0v) is 9.03. The summed E-state index contributed by atoms with van der Waals surface area (Å²) in [5, 5.41) is 8.33. The summed E-state index contributed by atoms with van der Waals surface area (Å²) in [7, 11) is 0. The van der Waals surface area contributed by atoms with Crippen LogP contribution >= 0.6 is 0 Å². The fraction of sp³-hybridized carbons (Fsp3) is 0.417. The van der Waals surface area contributed by atoms with Gasteiger partial charge in [-0.3, -0.25) is 0 Å². The van der Waals surface area contributed by atoms with Crippen molar-refractivity contribution in [3.8, 4) is 0 Å². The first-order chi connectivity index (χ1) is 6.56. The lowest BCUT2D eigenvalue weighted by molar-refractivity contribution is -0.131. The number of allylic oxidation sites excluding steroid dienone is 5. The molecular weight excluding hydrogens is 176 g/mol. The van der Waals surface area contributed by atoms with Gasteiger partial charge in [0.2, 0.25) is 0 Å². The maximum absolute atomic E-state index is 10.1. The molecule has 0 spiro atoms. The number of carbonyl (C=O) groups is 1. The van der Waals surface area contributed by atoms with Crippen molar-refractivity contribution >= 4 is 5.97 Å². The third kappa shape index (κ3) is 7.35. The summed E-state index contributed by atoms with van der Waals surface area (Å²) in [6.07, 6.45) is 9.58. The molecule has 0 saturated carbocycles. The van der Waals surface area contributed by atoms with Crippen molar-refractivity contribution in [2.45, 2.75) is 27.2 Å². The van der Waals surface area contributed by atoms with E-state index in [9.17, 15) is 4.79 Å². The van der Waals surface area contributed by atoms with Crippen molar-refractivity contribution in [1.29, 1.82) is 0 Å². The van der Waals surface area contributed by atoms with E-state index < -0.39 is 5.97 Å². The summed E-state index contributed by atoms with van der Waals surface area (Å²) < 4.78 is 0. The minimum atomic E-state index is -0.918. The smallest absolute Gasteiger partial charge is 0.328 e. The number of carboxylic acid groups (broad SMARTS) is 1. The first-order valence-electron chi connectivity index (χ1n) is 4.82. The highest BCUT2D eigenvalue weighted by Crippen LogP contribution is 2.07. The Balaban J connectivity index is 4.11. The molecule has 0 aliphatic rings. The average molecular weight is 194 g/mol. The van der Waals surface area contributed by atoms with Crippen molar-refractivity contribution < 1.29 is 9.90 Å². The van der Waals surface area contributed by atoms with E-state index in [1.54, 1.807) is 6.08 Å². The van der Waals surface area contributed by atoms with Crippen molar-refractivity contribution in [2.24, 2.45) is 5.92 Å². The largest absolute Gasteiger partial charge is 0.478 e. The molecule has 0 rings (SSSR count). The molecular formula is C12H18O2. The lowest BCUT2D eigenvalue weighted by Gasteiger charge is -2.00. The van der Waals surface area contributed by atoms with Gasteiger partial charge < -0.3 is 5.11 Å². The van der Waals surface area contributed by atoms with Gasteiger partial charge in [0, 0.05) is 6.08 Å². The molecule has 0 heterocycles. The molecule has 14 heavy (non-hydrogen) atoms. The molecule has 0 amide bonds. The Morgan fingerprint density at radius 3 is 2.43 bits per heavy atom. The van der Waals surface area contributed by atoms with Crippen LogP contribution in [0, 0.1) is 5.92 Å². The van der Waals surface area contributed by atoms with Gasteiger partial charge in [-0.2, -0.15) is 0 Å². The Morgan fingerprint density at radius 1 is 1.36 bits per heavy atom. The van der Waals surface area contributed by atoms with E-state index in [1.807, 2.05) is 13.0 Å². The van der Waals surface area contributed by atoms with Crippen LogP contribution in [0.3, 0.4) is 0 Å². The summed E-state index contributed by atoms with van der Waals surface area (Å²) in [6.45, 7) is 6.31. The molecule has 1 atom stereocenters.